The molecule has 2 aliphatic carbocycles. The van der Waals surface area contributed by atoms with Crippen LogP contribution in [0.3, 0.4) is 0 Å². The molecule has 0 nitrogen and oxygen atoms in total. The van der Waals surface area contributed by atoms with Gasteiger partial charge in [0.1, 0.15) is 0 Å². The number of hydrogen-bond acceptors (Lipinski definition) is 0. The fourth-order valence-corrected chi connectivity index (χ4v) is 9.95. The molecule has 0 N–H and O–H groups in total. The molecule has 6 rings (SSSR count). The molecule has 288 valence electrons. The van der Waals surface area contributed by atoms with Crippen LogP contribution in [-0.2, 0) is 19.5 Å². The summed E-state index contributed by atoms with van der Waals surface area (Å²) in [6.45, 7) is 0. The van der Waals surface area contributed by atoms with E-state index in [-0.39, 0.29) is 35.3 Å². The van der Waals surface area contributed by atoms with Crippen molar-refractivity contribution < 1.29 is 71.3 Å². The first kappa shape index (κ1) is 48.2. The van der Waals surface area contributed by atoms with Crippen LogP contribution in [0, 0.1) is 11.8 Å². The molecule has 0 unspecified atom stereocenters. The van der Waals surface area contributed by atoms with Gasteiger partial charge in [-0.25, -0.2) is 0 Å². The van der Waals surface area contributed by atoms with Crippen LogP contribution in [0.15, 0.2) is 146 Å². The van der Waals surface area contributed by atoms with Crippen molar-refractivity contribution in [2.45, 2.75) is 19.3 Å². The maximum atomic E-state index is 9.75. The smallest absolute Gasteiger partial charge is 0.418 e. The van der Waals surface area contributed by atoms with Crippen LogP contribution in [0.5, 0.6) is 0 Å². The van der Waals surface area contributed by atoms with Crippen molar-refractivity contribution in [3.05, 3.63) is 146 Å². The average molecular weight is 882 g/mol. The van der Waals surface area contributed by atoms with Gasteiger partial charge in [-0.15, -0.1) is 0 Å². The molecule has 0 aromatic heterocycles. The van der Waals surface area contributed by atoms with E-state index in [0.29, 0.717) is 0 Å². The Balaban J connectivity index is 0.000000493. The average Bonchev–Trinajstić information content (AvgIpc) is 3.73. The van der Waals surface area contributed by atoms with Crippen molar-refractivity contribution in [2.75, 3.05) is 12.3 Å². The molecule has 4 aromatic rings. The first-order chi connectivity index (χ1) is 24.4. The van der Waals surface area contributed by atoms with E-state index in [1.165, 1.54) is 52.8 Å². The Morgan fingerprint density at radius 3 is 0.717 bits per heavy atom. The summed E-state index contributed by atoms with van der Waals surface area (Å²) in [6, 6.07) is 44.3. The molecule has 0 radical (unpaired) electrons. The molecule has 0 fully saturated rings. The molecule has 2 aliphatic rings. The number of unbranched alkanes of at least 4 members (excludes halogenated alkanes) is 1. The predicted molar refractivity (Wildman–Crippen MR) is 198 cm³/mol. The summed E-state index contributed by atoms with van der Waals surface area (Å²) in [5.74, 6) is 1.62. The van der Waals surface area contributed by atoms with Gasteiger partial charge in [0.15, 0.2) is 0 Å². The van der Waals surface area contributed by atoms with Crippen LogP contribution in [0.25, 0.3) is 0 Å². The van der Waals surface area contributed by atoms with E-state index in [2.05, 4.69) is 146 Å². The monoisotopic (exact) mass is 882 g/mol. The first-order valence-electron chi connectivity index (χ1n) is 16.1. The molecule has 0 aliphatic heterocycles. The van der Waals surface area contributed by atoms with Gasteiger partial charge in [-0.1, -0.05) is 146 Å². The van der Waals surface area contributed by atoms with E-state index in [9.17, 15) is 51.8 Å². The van der Waals surface area contributed by atoms with Gasteiger partial charge in [-0.2, -0.15) is 0 Å². The number of fused-ring (bicyclic) bond motifs is 2. The Labute approximate surface area is 318 Å². The van der Waals surface area contributed by atoms with Crippen LogP contribution in [0.4, 0.5) is 51.8 Å². The quantitative estimate of drug-likeness (QED) is 0.0517. The number of hydrogen-bond donors (Lipinski definition) is 0. The van der Waals surface area contributed by atoms with Crippen molar-refractivity contribution in [1.29, 1.82) is 0 Å². The molecule has 18 heteroatoms. The third-order valence-electron chi connectivity index (χ3n) is 7.04. The van der Waals surface area contributed by atoms with Crippen LogP contribution in [0.2, 0.25) is 0 Å². The molecule has 0 amide bonds. The normalized spacial score (nSPS) is 15.4. The van der Waals surface area contributed by atoms with Gasteiger partial charge >= 0.3 is 41.2 Å². The van der Waals surface area contributed by atoms with E-state index in [1.54, 1.807) is 0 Å². The number of allylic oxidation sites excluding steroid dienone is 4. The molecule has 0 atom stereocenters. The van der Waals surface area contributed by atoms with Crippen LogP contribution in [-0.4, -0.2) is 34.1 Å². The summed E-state index contributed by atoms with van der Waals surface area (Å²) >= 11 is 0. The van der Waals surface area contributed by atoms with Crippen molar-refractivity contribution in [1.82, 2.24) is 0 Å². The predicted octanol–water partition coefficient (Wildman–Crippen LogP) is 11.7. The first-order valence-corrected chi connectivity index (χ1v) is 19.2. The van der Waals surface area contributed by atoms with Crippen molar-refractivity contribution in [3.8, 4) is 0 Å². The standard InChI is InChI=1S/C28H28P2.C7H8.3BF4.Rh/c1-5-15-25(16-6-1)29(26-17-7-2-8-18-26)23-13-14-24-30(27-19-9-3-10-20-27)28-21-11-4-12-22-28;1-2-7-4-3-6(1)5-7;3*2-1(3,4)5;/h1-12,15-22H,13-14,23-24H2;1-4,6-7H,5H2;;;;/q;;3*-1;+3. The molecule has 0 saturated heterocycles. The van der Waals surface area contributed by atoms with E-state index in [1.807, 2.05) is 0 Å². The number of benzene rings is 4. The molecule has 0 spiro atoms. The largest absolute Gasteiger partial charge is 3.00 e. The zero-order valence-electron chi connectivity index (χ0n) is 28.0. The SMILES string of the molecule is C1=CC2C=CC1C2.F[B-](F)(F)F.F[B-](F)(F)F.F[B-](F)(F)F.[Rh+3].c1ccc(P(CCCCP(c2ccccc2)c2ccccc2)c2ccccc2)cc1. The van der Waals surface area contributed by atoms with Crippen LogP contribution < -0.4 is 21.2 Å². The molecule has 53 heavy (non-hydrogen) atoms. The third-order valence-corrected chi connectivity index (χ3v) is 12.3. The van der Waals surface area contributed by atoms with Gasteiger partial charge in [-0.3, -0.25) is 0 Å². The van der Waals surface area contributed by atoms with E-state index in [0.717, 1.165) is 11.8 Å². The summed E-state index contributed by atoms with van der Waals surface area (Å²) < 4.78 is 117. The zero-order chi connectivity index (χ0) is 38.6. The second kappa shape index (κ2) is 24.6. The Hall–Kier alpha value is -2.80. The molecule has 0 heterocycles. The summed E-state index contributed by atoms with van der Waals surface area (Å²) in [5.41, 5.74) is 0. The van der Waals surface area contributed by atoms with Gasteiger partial charge < -0.3 is 51.8 Å². The second-order valence-corrected chi connectivity index (χ2v) is 15.8. The van der Waals surface area contributed by atoms with Crippen molar-refractivity contribution in [3.63, 3.8) is 0 Å². The van der Waals surface area contributed by atoms with Gasteiger partial charge in [-0.05, 0) is 80.5 Å². The molecule has 0 saturated carbocycles. The van der Waals surface area contributed by atoms with E-state index in [4.69, 9.17) is 0 Å². The number of halogens is 12. The second-order valence-electron chi connectivity index (χ2n) is 11.2. The van der Waals surface area contributed by atoms with Crippen molar-refractivity contribution >= 4 is 58.8 Å². The minimum Gasteiger partial charge on any atom is -0.418 e. The van der Waals surface area contributed by atoms with Gasteiger partial charge in [0.2, 0.25) is 0 Å². The fraction of sp³-hybridized carbons (Fsp3) is 0.200. The van der Waals surface area contributed by atoms with Crippen LogP contribution in [0.1, 0.15) is 19.3 Å². The molecule has 2 bridgehead atoms. The van der Waals surface area contributed by atoms with Crippen LogP contribution >= 0.6 is 15.8 Å². The Bertz CT molecular complexity index is 1340. The number of rotatable bonds is 9. The fourth-order valence-electron chi connectivity index (χ4n) is 5.11. The van der Waals surface area contributed by atoms with Crippen molar-refractivity contribution in [2.24, 2.45) is 11.8 Å². The summed E-state index contributed by atoms with van der Waals surface area (Å²) in [4.78, 5) is 0. The van der Waals surface area contributed by atoms with E-state index < -0.39 is 21.8 Å². The summed E-state index contributed by atoms with van der Waals surface area (Å²) in [5, 5.41) is 5.97. The Morgan fingerprint density at radius 1 is 0.377 bits per heavy atom. The third kappa shape index (κ3) is 25.0. The zero-order valence-corrected chi connectivity index (χ0v) is 31.5. The maximum absolute atomic E-state index is 9.75. The Morgan fingerprint density at radius 2 is 0.566 bits per heavy atom. The van der Waals surface area contributed by atoms with Gasteiger partial charge in [0, 0.05) is 0 Å². The molecular weight excluding hydrogens is 846 g/mol. The van der Waals surface area contributed by atoms with Gasteiger partial charge in [0.05, 0.1) is 0 Å². The minimum atomic E-state index is -6.00. The summed E-state index contributed by atoms with van der Waals surface area (Å²) in [6.07, 6.45) is 15.6. The van der Waals surface area contributed by atoms with Gasteiger partial charge in [0.25, 0.3) is 0 Å². The minimum absolute atomic E-state index is 0. The van der Waals surface area contributed by atoms with E-state index >= 15 is 0 Å². The topological polar surface area (TPSA) is 0 Å². The molecular formula is C35H36B3F12P2Rh. The Kier molecular flexibility index (Phi) is 22.4. The maximum Gasteiger partial charge on any atom is 3.00 e. The summed E-state index contributed by atoms with van der Waals surface area (Å²) in [7, 11) is -18.6. The molecule has 4 aromatic carbocycles.